The van der Waals surface area contributed by atoms with Crippen molar-refractivity contribution in [2.75, 3.05) is 56.3 Å². The summed E-state index contributed by atoms with van der Waals surface area (Å²) in [5, 5.41) is 1.78. The number of ether oxygens (including phenoxy) is 1. The van der Waals surface area contributed by atoms with Gasteiger partial charge in [-0.15, -0.1) is 0 Å². The summed E-state index contributed by atoms with van der Waals surface area (Å²) < 4.78 is 5.48. The van der Waals surface area contributed by atoms with Crippen molar-refractivity contribution in [1.82, 2.24) is 9.88 Å². The van der Waals surface area contributed by atoms with E-state index in [2.05, 4.69) is 27.0 Å². The zero-order valence-electron chi connectivity index (χ0n) is 18.9. The Kier molecular flexibility index (Phi) is 5.95. The van der Waals surface area contributed by atoms with Crippen molar-refractivity contribution in [3.8, 4) is 11.1 Å². The molecule has 2 aliphatic heterocycles. The molecule has 170 valence electrons. The number of thioether (sulfide) groups is 1. The Morgan fingerprint density at radius 3 is 2.73 bits per heavy atom. The monoisotopic (exact) mass is 461 g/mol. The van der Waals surface area contributed by atoms with Gasteiger partial charge in [0.25, 0.3) is 5.91 Å². The number of carbonyl (C=O) groups excluding carboxylic acids is 1. The Balaban J connectivity index is 1.58. The number of hydrogen-bond donors (Lipinski definition) is 1. The van der Waals surface area contributed by atoms with Crippen molar-refractivity contribution in [3.05, 3.63) is 53.6 Å². The van der Waals surface area contributed by atoms with Gasteiger partial charge in [0, 0.05) is 30.6 Å². The molecular weight excluding hydrogens is 434 g/mol. The molecule has 1 aromatic heterocycles. The number of hydrogen-bond acceptors (Lipinski definition) is 7. The van der Waals surface area contributed by atoms with Gasteiger partial charge >= 0.3 is 0 Å². The Bertz CT molecular complexity index is 1250. The largest absolute Gasteiger partial charge is 0.382 e. The smallest absolute Gasteiger partial charge is 0.260 e. The fraction of sp³-hybridized carbons (Fsp3) is 0.320. The fourth-order valence-corrected chi connectivity index (χ4v) is 5.17. The van der Waals surface area contributed by atoms with Crippen LogP contribution in [0.5, 0.6) is 0 Å². The molecule has 0 radical (unpaired) electrons. The Morgan fingerprint density at radius 1 is 1.12 bits per heavy atom. The van der Waals surface area contributed by atoms with E-state index in [9.17, 15) is 4.79 Å². The molecule has 0 bridgehead atoms. The van der Waals surface area contributed by atoms with Crippen LogP contribution in [-0.2, 0) is 4.74 Å². The van der Waals surface area contributed by atoms with Crippen molar-refractivity contribution in [3.63, 3.8) is 0 Å². The number of benzene rings is 2. The molecule has 2 N–H and O–H groups in total. The zero-order chi connectivity index (χ0) is 22.9. The van der Waals surface area contributed by atoms with Gasteiger partial charge in [0.1, 0.15) is 5.82 Å². The number of nitrogen functional groups attached to an aromatic ring is 1. The predicted molar refractivity (Wildman–Crippen MR) is 136 cm³/mol. The first-order valence-electron chi connectivity index (χ1n) is 11.1. The summed E-state index contributed by atoms with van der Waals surface area (Å²) in [6.07, 6.45) is 1.95. The molecular formula is C25H27N5O2S. The van der Waals surface area contributed by atoms with Crippen LogP contribution in [-0.4, -0.2) is 66.6 Å². The van der Waals surface area contributed by atoms with Crippen LogP contribution < -0.4 is 10.6 Å². The van der Waals surface area contributed by atoms with Crippen molar-refractivity contribution in [1.29, 1.82) is 0 Å². The van der Waals surface area contributed by atoms with Gasteiger partial charge in [-0.25, -0.2) is 4.98 Å². The maximum Gasteiger partial charge on any atom is 0.260 e. The van der Waals surface area contributed by atoms with Gasteiger partial charge < -0.3 is 15.4 Å². The number of aryl methyl sites for hydroxylation is 1. The highest BCUT2D eigenvalue weighted by Crippen LogP contribution is 2.34. The lowest BCUT2D eigenvalue weighted by atomic mass is 9.93. The van der Waals surface area contributed by atoms with Gasteiger partial charge in [0.05, 0.1) is 31.0 Å². The first-order valence-corrected chi connectivity index (χ1v) is 12.3. The molecule has 3 heterocycles. The number of nitrogens with zero attached hydrogens (tertiary/aromatic N) is 4. The fourth-order valence-electron chi connectivity index (χ4n) is 4.56. The van der Waals surface area contributed by atoms with Gasteiger partial charge in [0.15, 0.2) is 5.17 Å². The predicted octanol–water partition coefficient (Wildman–Crippen LogP) is 3.80. The third kappa shape index (κ3) is 4.05. The van der Waals surface area contributed by atoms with Gasteiger partial charge in [-0.1, -0.05) is 30.0 Å². The molecule has 33 heavy (non-hydrogen) atoms. The Morgan fingerprint density at radius 2 is 1.94 bits per heavy atom. The first-order chi connectivity index (χ1) is 16.1. The van der Waals surface area contributed by atoms with E-state index >= 15 is 0 Å². The number of nitrogens with two attached hydrogens (primary N) is 1. The van der Waals surface area contributed by atoms with Gasteiger partial charge in [0.2, 0.25) is 0 Å². The third-order valence-corrected chi connectivity index (χ3v) is 6.91. The minimum Gasteiger partial charge on any atom is -0.382 e. The summed E-state index contributed by atoms with van der Waals surface area (Å²) in [7, 11) is 0. The van der Waals surface area contributed by atoms with E-state index in [1.54, 1.807) is 4.90 Å². The van der Waals surface area contributed by atoms with Crippen LogP contribution in [0.4, 0.5) is 11.5 Å². The van der Waals surface area contributed by atoms with Crippen LogP contribution in [0.1, 0.15) is 15.9 Å². The van der Waals surface area contributed by atoms with Crippen LogP contribution in [0, 0.1) is 6.92 Å². The number of carbonyl (C=O) groups is 1. The van der Waals surface area contributed by atoms with Gasteiger partial charge in [-0.2, -0.15) is 0 Å². The summed E-state index contributed by atoms with van der Waals surface area (Å²) in [6, 6.07) is 14.1. The summed E-state index contributed by atoms with van der Waals surface area (Å²) in [4.78, 5) is 26.6. The molecule has 0 aliphatic carbocycles. The van der Waals surface area contributed by atoms with E-state index in [1.165, 1.54) is 11.8 Å². The van der Waals surface area contributed by atoms with E-state index < -0.39 is 0 Å². The van der Waals surface area contributed by atoms with Crippen LogP contribution in [0.2, 0.25) is 0 Å². The van der Waals surface area contributed by atoms with Crippen LogP contribution in [0.15, 0.2) is 47.5 Å². The molecule has 1 saturated heterocycles. The van der Waals surface area contributed by atoms with Crippen LogP contribution in [0.25, 0.3) is 22.0 Å². The molecule has 2 aromatic carbocycles. The molecule has 3 aromatic rings. The third-order valence-electron chi connectivity index (χ3n) is 6.20. The number of amidine groups is 1. The number of pyridine rings is 1. The van der Waals surface area contributed by atoms with Crippen molar-refractivity contribution < 1.29 is 9.53 Å². The molecule has 1 amide bonds. The molecule has 1 fully saturated rings. The van der Waals surface area contributed by atoms with Crippen LogP contribution >= 0.6 is 11.8 Å². The van der Waals surface area contributed by atoms with Crippen molar-refractivity contribution in [2.45, 2.75) is 6.92 Å². The van der Waals surface area contributed by atoms with Crippen molar-refractivity contribution in [2.24, 2.45) is 4.99 Å². The molecule has 0 saturated carbocycles. The number of anilines is 2. The average Bonchev–Trinajstić information content (AvgIpc) is 3.32. The summed E-state index contributed by atoms with van der Waals surface area (Å²) in [5.41, 5.74) is 11.7. The molecule has 5 rings (SSSR count). The topological polar surface area (TPSA) is 84.0 Å². The number of fused-ring (bicyclic) bond motifs is 1. The first kappa shape index (κ1) is 21.7. The lowest BCUT2D eigenvalue weighted by molar-refractivity contribution is 0.0861. The number of aliphatic imine (C=N–C) groups is 1. The molecule has 2 aliphatic rings. The second-order valence-electron chi connectivity index (χ2n) is 8.22. The van der Waals surface area contributed by atoms with E-state index in [0.717, 1.165) is 51.5 Å². The Hall–Kier alpha value is -3.10. The zero-order valence-corrected chi connectivity index (χ0v) is 19.7. The van der Waals surface area contributed by atoms with Gasteiger partial charge in [-0.05, 0) is 54.1 Å². The summed E-state index contributed by atoms with van der Waals surface area (Å²) in [5.74, 6) is 0.519. The minimum absolute atomic E-state index is 0.0103. The number of amides is 1. The molecule has 8 heteroatoms. The highest BCUT2D eigenvalue weighted by molar-refractivity contribution is 8.13. The van der Waals surface area contributed by atoms with Crippen molar-refractivity contribution >= 4 is 45.2 Å². The molecule has 0 unspecified atom stereocenters. The average molecular weight is 462 g/mol. The lowest BCUT2D eigenvalue weighted by Crippen LogP contribution is -2.36. The highest BCUT2D eigenvalue weighted by Gasteiger charge is 2.27. The normalized spacial score (nSPS) is 16.4. The standard InChI is InChI=1S/C25H27N5O2S/c1-16-4-3-5-19(24(31)30-9-8-27-25(30)33-2)22(16)17-6-7-20-18(14-17)15-21(23(26)28-20)29-10-12-32-13-11-29/h3-7,14-15H,8-13H2,1-2H3,(H2,26,28). The summed E-state index contributed by atoms with van der Waals surface area (Å²) in [6.45, 7) is 6.27. The highest BCUT2D eigenvalue weighted by atomic mass is 32.2. The number of aromatic nitrogens is 1. The van der Waals surface area contributed by atoms with Crippen LogP contribution in [0.3, 0.4) is 0 Å². The van der Waals surface area contributed by atoms with E-state index in [1.807, 2.05) is 43.5 Å². The molecule has 7 nitrogen and oxygen atoms in total. The SMILES string of the molecule is CSC1=NCCN1C(=O)c1cccc(C)c1-c1ccc2nc(N)c(N3CCOCC3)cc2c1. The second-order valence-corrected chi connectivity index (χ2v) is 9.00. The minimum atomic E-state index is -0.0103. The second kappa shape index (κ2) is 9.03. The quantitative estimate of drug-likeness (QED) is 0.639. The number of rotatable bonds is 3. The Labute approximate surface area is 197 Å². The van der Waals surface area contributed by atoms with E-state index in [0.29, 0.717) is 37.7 Å². The van der Waals surface area contributed by atoms with E-state index in [-0.39, 0.29) is 5.91 Å². The molecule has 0 spiro atoms. The lowest BCUT2D eigenvalue weighted by Gasteiger charge is -2.29. The maximum atomic E-state index is 13.5. The maximum absolute atomic E-state index is 13.5. The van der Waals surface area contributed by atoms with E-state index in [4.69, 9.17) is 10.5 Å². The van der Waals surface area contributed by atoms with Gasteiger partial charge in [-0.3, -0.25) is 14.7 Å². The number of morpholine rings is 1. The summed E-state index contributed by atoms with van der Waals surface area (Å²) >= 11 is 1.51. The molecule has 0 atom stereocenters.